The number of allylic oxidation sites excluding steroid dienone is 2. The molecule has 3 atom stereocenters. The Labute approximate surface area is 354 Å². The molecule has 0 aliphatic rings. The molecule has 0 heterocycles. The summed E-state index contributed by atoms with van der Waals surface area (Å²) in [6.07, 6.45) is 42.8. The molecule has 0 aromatic heterocycles. The molecule has 0 radical (unpaired) electrons. The zero-order valence-corrected chi connectivity index (χ0v) is 38.1. The summed E-state index contributed by atoms with van der Waals surface area (Å²) in [5.74, 6) is -2.37. The van der Waals surface area contributed by atoms with Crippen molar-refractivity contribution in [3.05, 3.63) is 12.2 Å². The van der Waals surface area contributed by atoms with Gasteiger partial charge < -0.3 is 25.2 Å². The minimum Gasteiger partial charge on any atom is -0.480 e. The maximum atomic E-state index is 12.7. The van der Waals surface area contributed by atoms with Crippen LogP contribution in [0.25, 0.3) is 0 Å². The molecule has 0 rings (SSSR count). The van der Waals surface area contributed by atoms with Crippen LogP contribution >= 0.6 is 7.82 Å². The van der Waals surface area contributed by atoms with E-state index in [0.717, 1.165) is 57.8 Å². The average molecular weight is 846 g/mol. The van der Waals surface area contributed by atoms with Crippen LogP contribution in [0.2, 0.25) is 0 Å². The molecule has 342 valence electrons. The van der Waals surface area contributed by atoms with Gasteiger partial charge in [0.1, 0.15) is 12.6 Å². The van der Waals surface area contributed by atoms with Gasteiger partial charge in [-0.05, 0) is 38.5 Å². The number of rotatable bonds is 45. The highest BCUT2D eigenvalue weighted by molar-refractivity contribution is 7.47. The molecule has 0 fully saturated rings. The van der Waals surface area contributed by atoms with Gasteiger partial charge in [0.25, 0.3) is 0 Å². The highest BCUT2D eigenvalue weighted by Gasteiger charge is 2.28. The third-order valence-corrected chi connectivity index (χ3v) is 11.5. The average Bonchev–Trinajstić information content (AvgIpc) is 3.20. The standard InChI is InChI=1S/C46H88NO10P/c1-3-5-7-9-11-13-15-17-18-19-20-21-22-23-24-26-28-30-32-34-36-38-45(49)57-42(40-55-58(52,53)56-41-43(47)46(50)51)39-54-44(48)37-35-33-31-29-27-25-16-14-12-10-8-6-4-2/h14,16,42-43H,3-13,15,17-41,47H2,1-2H3,(H,50,51)(H,52,53)/b16-14-/t42-,43+/m1/s1. The molecule has 0 aliphatic heterocycles. The fraction of sp³-hybridized carbons (Fsp3) is 0.891. The topological polar surface area (TPSA) is 172 Å². The Balaban J connectivity index is 4.23. The summed E-state index contributed by atoms with van der Waals surface area (Å²) in [6.45, 7) is 2.81. The van der Waals surface area contributed by atoms with E-state index in [-0.39, 0.29) is 19.4 Å². The first-order chi connectivity index (χ1) is 28.1. The summed E-state index contributed by atoms with van der Waals surface area (Å²) < 4.78 is 32.7. The molecule has 0 aromatic rings. The van der Waals surface area contributed by atoms with Crippen molar-refractivity contribution in [2.75, 3.05) is 19.8 Å². The molecule has 11 nitrogen and oxygen atoms in total. The second kappa shape index (κ2) is 41.9. The summed E-state index contributed by atoms with van der Waals surface area (Å²) >= 11 is 0. The largest absolute Gasteiger partial charge is 0.480 e. The molecule has 4 N–H and O–H groups in total. The Morgan fingerprint density at radius 3 is 1.28 bits per heavy atom. The molecule has 12 heteroatoms. The number of hydrogen-bond donors (Lipinski definition) is 3. The highest BCUT2D eigenvalue weighted by atomic mass is 31.2. The van der Waals surface area contributed by atoms with E-state index in [0.29, 0.717) is 12.8 Å². The van der Waals surface area contributed by atoms with Gasteiger partial charge in [0.2, 0.25) is 0 Å². The Kier molecular flexibility index (Phi) is 40.6. The Morgan fingerprint density at radius 2 is 0.862 bits per heavy atom. The summed E-state index contributed by atoms with van der Waals surface area (Å²) in [7, 11) is -4.71. The van der Waals surface area contributed by atoms with E-state index >= 15 is 0 Å². The zero-order chi connectivity index (χ0) is 42.8. The lowest BCUT2D eigenvalue weighted by atomic mass is 10.0. The number of hydrogen-bond acceptors (Lipinski definition) is 9. The Morgan fingerprint density at radius 1 is 0.517 bits per heavy atom. The predicted molar refractivity (Wildman–Crippen MR) is 236 cm³/mol. The maximum absolute atomic E-state index is 12.7. The monoisotopic (exact) mass is 846 g/mol. The van der Waals surface area contributed by atoms with Gasteiger partial charge in [-0.15, -0.1) is 0 Å². The number of phosphoric acid groups is 1. The van der Waals surface area contributed by atoms with Crippen molar-refractivity contribution < 1.29 is 47.5 Å². The first kappa shape index (κ1) is 56.2. The number of aliphatic carboxylic acids is 1. The molecule has 0 amide bonds. The number of nitrogens with two attached hydrogens (primary N) is 1. The van der Waals surface area contributed by atoms with Gasteiger partial charge in [0.05, 0.1) is 13.2 Å². The fourth-order valence-electron chi connectivity index (χ4n) is 6.77. The third kappa shape index (κ3) is 41.0. The second-order valence-electron chi connectivity index (χ2n) is 16.2. The van der Waals surface area contributed by atoms with E-state index in [1.807, 2.05) is 0 Å². The van der Waals surface area contributed by atoms with Crippen molar-refractivity contribution in [3.63, 3.8) is 0 Å². The van der Waals surface area contributed by atoms with E-state index < -0.39 is 51.1 Å². The lowest BCUT2D eigenvalue weighted by Gasteiger charge is -2.20. The van der Waals surface area contributed by atoms with E-state index in [9.17, 15) is 23.8 Å². The molecule has 0 saturated carbocycles. The fourth-order valence-corrected chi connectivity index (χ4v) is 7.55. The van der Waals surface area contributed by atoms with Crippen molar-refractivity contribution in [1.29, 1.82) is 0 Å². The zero-order valence-electron chi connectivity index (χ0n) is 37.2. The number of esters is 2. The smallest absolute Gasteiger partial charge is 0.472 e. The van der Waals surface area contributed by atoms with Crippen LogP contribution in [0.3, 0.4) is 0 Å². The minimum absolute atomic E-state index is 0.166. The van der Waals surface area contributed by atoms with Crippen molar-refractivity contribution in [2.24, 2.45) is 5.73 Å². The quantitative estimate of drug-likeness (QED) is 0.0230. The molecule has 0 saturated heterocycles. The molecule has 0 bridgehead atoms. The van der Waals surface area contributed by atoms with Gasteiger partial charge >= 0.3 is 25.7 Å². The van der Waals surface area contributed by atoms with Crippen molar-refractivity contribution in [1.82, 2.24) is 0 Å². The van der Waals surface area contributed by atoms with E-state index in [4.69, 9.17) is 24.8 Å². The molecule has 58 heavy (non-hydrogen) atoms. The molecule has 0 aromatic carbocycles. The number of ether oxygens (including phenoxy) is 2. The maximum Gasteiger partial charge on any atom is 0.472 e. The molecule has 1 unspecified atom stereocenters. The number of carbonyl (C=O) groups excluding carboxylic acids is 2. The predicted octanol–water partition coefficient (Wildman–Crippen LogP) is 12.8. The van der Waals surface area contributed by atoms with Gasteiger partial charge in [-0.25, -0.2) is 4.57 Å². The third-order valence-electron chi connectivity index (χ3n) is 10.5. The number of carbonyl (C=O) groups is 3. The second-order valence-corrected chi connectivity index (χ2v) is 17.7. The van der Waals surface area contributed by atoms with Crippen LogP contribution in [0.5, 0.6) is 0 Å². The van der Waals surface area contributed by atoms with Crippen LogP contribution < -0.4 is 5.73 Å². The number of phosphoric ester groups is 1. The first-order valence-electron chi connectivity index (χ1n) is 23.7. The van der Waals surface area contributed by atoms with E-state index in [2.05, 4.69) is 30.5 Å². The molecular formula is C46H88NO10P. The Bertz CT molecular complexity index is 1040. The minimum atomic E-state index is -4.71. The number of unbranched alkanes of at least 4 members (excludes halogenated alkanes) is 29. The van der Waals surface area contributed by atoms with Crippen LogP contribution in [-0.2, 0) is 37.5 Å². The van der Waals surface area contributed by atoms with Gasteiger partial charge in [0.15, 0.2) is 6.10 Å². The van der Waals surface area contributed by atoms with Crippen LogP contribution in [0.15, 0.2) is 12.2 Å². The first-order valence-corrected chi connectivity index (χ1v) is 25.2. The summed E-state index contributed by atoms with van der Waals surface area (Å²) in [5, 5.41) is 8.90. The SMILES string of the molecule is CCCCCC/C=C\CCCCCCCC(=O)OC[C@H](COP(=O)(O)OC[C@H](N)C(=O)O)OC(=O)CCCCCCCCCCCCCCCCCCCCCCC. The normalized spacial score (nSPS) is 13.7. The van der Waals surface area contributed by atoms with Crippen LogP contribution in [0.1, 0.15) is 232 Å². The lowest BCUT2D eigenvalue weighted by Crippen LogP contribution is -2.34. The van der Waals surface area contributed by atoms with Crippen LogP contribution in [0.4, 0.5) is 0 Å². The lowest BCUT2D eigenvalue weighted by molar-refractivity contribution is -0.161. The van der Waals surface area contributed by atoms with Crippen LogP contribution in [0, 0.1) is 0 Å². The van der Waals surface area contributed by atoms with Crippen molar-refractivity contribution in [2.45, 2.75) is 244 Å². The summed E-state index contributed by atoms with van der Waals surface area (Å²) in [4.78, 5) is 46.0. The van der Waals surface area contributed by atoms with E-state index in [1.165, 1.54) is 135 Å². The number of carboxylic acids is 1. The molecule has 0 aliphatic carbocycles. The molecule has 0 spiro atoms. The molecular weight excluding hydrogens is 757 g/mol. The van der Waals surface area contributed by atoms with E-state index in [1.54, 1.807) is 0 Å². The van der Waals surface area contributed by atoms with Gasteiger partial charge in [-0.3, -0.25) is 23.4 Å². The van der Waals surface area contributed by atoms with Gasteiger partial charge in [-0.2, -0.15) is 0 Å². The Hall–Kier alpha value is -1.78. The van der Waals surface area contributed by atoms with Crippen molar-refractivity contribution in [3.8, 4) is 0 Å². The number of carboxylic acid groups (broad SMARTS) is 1. The van der Waals surface area contributed by atoms with Crippen LogP contribution in [-0.4, -0.2) is 59.9 Å². The van der Waals surface area contributed by atoms with Gasteiger partial charge in [0, 0.05) is 12.8 Å². The summed E-state index contributed by atoms with van der Waals surface area (Å²) in [6, 6.07) is -1.52. The van der Waals surface area contributed by atoms with Gasteiger partial charge in [-0.1, -0.05) is 193 Å². The summed E-state index contributed by atoms with van der Waals surface area (Å²) in [5.41, 5.74) is 5.34. The van der Waals surface area contributed by atoms with Crippen molar-refractivity contribution >= 4 is 25.7 Å². The highest BCUT2D eigenvalue weighted by Crippen LogP contribution is 2.43.